The largest absolute Gasteiger partial charge is 0.297 e. The van der Waals surface area contributed by atoms with Crippen molar-refractivity contribution in [3.8, 4) is 0 Å². The number of carbonyl (C=O) groups is 2. The van der Waals surface area contributed by atoms with Crippen molar-refractivity contribution in [3.63, 3.8) is 0 Å². The van der Waals surface area contributed by atoms with Crippen LogP contribution in [-0.2, 0) is 27.3 Å². The van der Waals surface area contributed by atoms with Crippen molar-refractivity contribution in [3.05, 3.63) is 93.3 Å². The Morgan fingerprint density at radius 2 is 1.71 bits per heavy atom. The Morgan fingerprint density at radius 3 is 2.40 bits per heavy atom. The number of carbonyl (C=O) groups excluding carboxylic acids is 2. The summed E-state index contributed by atoms with van der Waals surface area (Å²) >= 11 is 0. The third-order valence-corrected chi connectivity index (χ3v) is 7.31. The van der Waals surface area contributed by atoms with Gasteiger partial charge >= 0.3 is 0 Å². The average molecular weight is 493 g/mol. The molecule has 4 rings (SSSR count). The van der Waals surface area contributed by atoms with Crippen LogP contribution in [0.3, 0.4) is 0 Å². The van der Waals surface area contributed by atoms with Crippen molar-refractivity contribution in [1.29, 1.82) is 0 Å². The van der Waals surface area contributed by atoms with E-state index in [1.165, 1.54) is 22.4 Å². The average Bonchev–Trinajstić information content (AvgIpc) is 3.13. The van der Waals surface area contributed by atoms with Gasteiger partial charge < -0.3 is 0 Å². The number of ketones is 2. The van der Waals surface area contributed by atoms with Gasteiger partial charge in [-0.15, -0.1) is 0 Å². The van der Waals surface area contributed by atoms with E-state index in [1.807, 2.05) is 26.8 Å². The number of aromatic nitrogens is 2. The Hall–Kier alpha value is -3.36. The summed E-state index contributed by atoms with van der Waals surface area (Å²) in [6.45, 7) is 7.40. The zero-order valence-corrected chi connectivity index (χ0v) is 21.1. The lowest BCUT2D eigenvalue weighted by Gasteiger charge is -2.17. The van der Waals surface area contributed by atoms with E-state index in [0.717, 1.165) is 24.0 Å². The van der Waals surface area contributed by atoms with Gasteiger partial charge in [-0.2, -0.15) is 13.5 Å². The number of hydrogen-bond acceptors (Lipinski definition) is 6. The zero-order valence-electron chi connectivity index (χ0n) is 20.3. The highest BCUT2D eigenvalue weighted by atomic mass is 32.2. The summed E-state index contributed by atoms with van der Waals surface area (Å²) in [5, 5.41) is 4.36. The van der Waals surface area contributed by atoms with Crippen molar-refractivity contribution in [2.45, 2.75) is 52.0 Å². The summed E-state index contributed by atoms with van der Waals surface area (Å²) in [4.78, 5) is 26.7. The summed E-state index contributed by atoms with van der Waals surface area (Å²) in [5.74, 6) is -0.539. The summed E-state index contributed by atoms with van der Waals surface area (Å²) < 4.78 is 31.6. The summed E-state index contributed by atoms with van der Waals surface area (Å²) in [6, 6.07) is 11.7. The number of hydrogen-bond donors (Lipinski definition) is 0. The van der Waals surface area contributed by atoms with Crippen molar-refractivity contribution >= 4 is 21.7 Å². The van der Waals surface area contributed by atoms with Gasteiger partial charge in [0.15, 0.2) is 5.78 Å². The van der Waals surface area contributed by atoms with E-state index < -0.39 is 10.1 Å². The van der Waals surface area contributed by atoms with Crippen LogP contribution in [0.5, 0.6) is 0 Å². The number of fused-ring (bicyclic) bond motifs is 2. The molecule has 0 atom stereocenters. The second-order valence-corrected chi connectivity index (χ2v) is 10.6. The lowest BCUT2D eigenvalue weighted by molar-refractivity contribution is 0.0971. The minimum atomic E-state index is -3.95. The van der Waals surface area contributed by atoms with E-state index in [0.29, 0.717) is 16.8 Å². The molecule has 3 aromatic rings. The van der Waals surface area contributed by atoms with Crippen LogP contribution in [0.15, 0.2) is 59.0 Å². The standard InChI is InChI=1S/C27H28N2O5S/c1-17(2)6-5-7-20-10-13-22-23(16-20)27(31)25-24(26(22)30)19(4)28-29(25)14-15-34-35(32,33)21-11-8-18(3)9-12-21/h6,8-13,16H,5,7,14-15H2,1-4H3. The SMILES string of the molecule is CC(C)=CCCc1ccc2c(c1)C(=O)c1c(c(C)nn1CCOS(=O)(=O)c1ccc(C)cc1)C2=O. The molecule has 1 aliphatic rings. The fraction of sp³-hybridized carbons (Fsp3) is 0.296. The van der Waals surface area contributed by atoms with Gasteiger partial charge in [0.2, 0.25) is 5.78 Å². The number of nitrogens with zero attached hydrogens (tertiary/aromatic N) is 2. The first kappa shape index (κ1) is 24.8. The molecule has 8 heteroatoms. The van der Waals surface area contributed by atoms with Gasteiger partial charge in [-0.25, -0.2) is 0 Å². The summed E-state index contributed by atoms with van der Waals surface area (Å²) in [6.07, 6.45) is 3.74. The minimum absolute atomic E-state index is 0.00980. The highest BCUT2D eigenvalue weighted by Crippen LogP contribution is 2.30. The maximum absolute atomic E-state index is 13.5. The molecule has 1 heterocycles. The topological polar surface area (TPSA) is 95.3 Å². The van der Waals surface area contributed by atoms with Gasteiger partial charge in [-0.05, 0) is 64.3 Å². The summed E-state index contributed by atoms with van der Waals surface area (Å²) in [5.41, 5.74) is 4.73. The second-order valence-electron chi connectivity index (χ2n) is 8.98. The van der Waals surface area contributed by atoms with Crippen LogP contribution in [-0.4, -0.2) is 36.4 Å². The molecular formula is C27H28N2O5S. The van der Waals surface area contributed by atoms with E-state index in [2.05, 4.69) is 11.2 Å². The molecule has 0 unspecified atom stereocenters. The van der Waals surface area contributed by atoms with E-state index in [1.54, 1.807) is 31.2 Å². The molecule has 0 N–H and O–H groups in total. The lowest BCUT2D eigenvalue weighted by atomic mass is 9.85. The van der Waals surface area contributed by atoms with E-state index in [4.69, 9.17) is 4.18 Å². The number of rotatable bonds is 8. The molecule has 1 aliphatic carbocycles. The maximum atomic E-state index is 13.5. The molecule has 0 aliphatic heterocycles. The number of allylic oxidation sites excluding steroid dienone is 2. The predicted octanol–water partition coefficient (Wildman–Crippen LogP) is 4.58. The van der Waals surface area contributed by atoms with E-state index in [9.17, 15) is 18.0 Å². The van der Waals surface area contributed by atoms with Crippen molar-refractivity contribution in [2.24, 2.45) is 0 Å². The molecule has 2 aromatic carbocycles. The molecule has 7 nitrogen and oxygen atoms in total. The molecule has 0 bridgehead atoms. The van der Waals surface area contributed by atoms with Crippen molar-refractivity contribution < 1.29 is 22.2 Å². The zero-order chi connectivity index (χ0) is 25.3. The smallest absolute Gasteiger partial charge is 0.288 e. The van der Waals surface area contributed by atoms with Crippen LogP contribution in [0.4, 0.5) is 0 Å². The van der Waals surface area contributed by atoms with Gasteiger partial charge in [0.25, 0.3) is 10.1 Å². The first-order valence-corrected chi connectivity index (χ1v) is 12.9. The number of aryl methyl sites for hydroxylation is 3. The fourth-order valence-electron chi connectivity index (χ4n) is 4.17. The Balaban J connectivity index is 1.56. The van der Waals surface area contributed by atoms with Crippen LogP contribution in [0.1, 0.15) is 69.1 Å². The monoisotopic (exact) mass is 492 g/mol. The van der Waals surface area contributed by atoms with Crippen LogP contribution >= 0.6 is 0 Å². The number of benzene rings is 2. The van der Waals surface area contributed by atoms with Crippen molar-refractivity contribution in [1.82, 2.24) is 9.78 Å². The normalized spacial score (nSPS) is 12.9. The predicted molar refractivity (Wildman–Crippen MR) is 132 cm³/mol. The fourth-order valence-corrected chi connectivity index (χ4v) is 5.07. The van der Waals surface area contributed by atoms with Crippen molar-refractivity contribution in [2.75, 3.05) is 6.61 Å². The molecule has 0 amide bonds. The molecule has 35 heavy (non-hydrogen) atoms. The molecule has 0 radical (unpaired) electrons. The minimum Gasteiger partial charge on any atom is -0.288 e. The lowest BCUT2D eigenvalue weighted by Crippen LogP contribution is -2.24. The summed E-state index contributed by atoms with van der Waals surface area (Å²) in [7, 11) is -3.95. The van der Waals surface area contributed by atoms with E-state index >= 15 is 0 Å². The van der Waals surface area contributed by atoms with Crippen LogP contribution in [0.2, 0.25) is 0 Å². The Labute approximate surface area is 205 Å². The van der Waals surface area contributed by atoms with Gasteiger partial charge in [0.1, 0.15) is 5.69 Å². The van der Waals surface area contributed by atoms with Gasteiger partial charge in [0, 0.05) is 11.1 Å². The van der Waals surface area contributed by atoms with Gasteiger partial charge in [-0.3, -0.25) is 18.5 Å². The molecule has 0 saturated heterocycles. The van der Waals surface area contributed by atoms with Crippen LogP contribution in [0, 0.1) is 13.8 Å². The third kappa shape index (κ3) is 5.04. The first-order valence-electron chi connectivity index (χ1n) is 11.5. The van der Waals surface area contributed by atoms with E-state index in [-0.39, 0.29) is 40.9 Å². The van der Waals surface area contributed by atoms with Crippen LogP contribution in [0.25, 0.3) is 0 Å². The molecule has 0 fully saturated rings. The highest BCUT2D eigenvalue weighted by molar-refractivity contribution is 7.86. The molecule has 182 valence electrons. The Kier molecular flexibility index (Phi) is 6.87. The van der Waals surface area contributed by atoms with Gasteiger partial charge in [0.05, 0.1) is 29.3 Å². The second kappa shape index (κ2) is 9.71. The molecule has 0 saturated carbocycles. The maximum Gasteiger partial charge on any atom is 0.297 e. The Morgan fingerprint density at radius 1 is 1.00 bits per heavy atom. The molecule has 1 aromatic heterocycles. The highest BCUT2D eigenvalue weighted by Gasteiger charge is 2.35. The quantitative estimate of drug-likeness (QED) is 0.264. The van der Waals surface area contributed by atoms with Crippen LogP contribution < -0.4 is 0 Å². The molecular weight excluding hydrogens is 464 g/mol. The first-order chi connectivity index (χ1) is 16.6. The molecule has 0 spiro atoms. The Bertz CT molecular complexity index is 1440. The third-order valence-electron chi connectivity index (χ3n) is 5.98. The van der Waals surface area contributed by atoms with Gasteiger partial charge in [-0.1, -0.05) is 41.5 Å².